The van der Waals surface area contributed by atoms with Crippen molar-refractivity contribution in [3.63, 3.8) is 0 Å². The van der Waals surface area contributed by atoms with Crippen molar-refractivity contribution in [1.29, 1.82) is 0 Å². The standard InChI is InChI=1S/C11H16N4O3/c1-15-6-7(5-13-15)9(11(17)18)14-10(16)8-3-2-4-12-8/h5-6,8-9,12H,2-4H2,1H3,(H,14,16)(H,17,18). The molecule has 1 aromatic rings. The Labute approximate surface area is 104 Å². The molecule has 98 valence electrons. The number of carboxylic acids is 1. The number of nitrogens with zero attached hydrogens (tertiary/aromatic N) is 2. The molecule has 1 amide bonds. The Morgan fingerprint density at radius 3 is 2.94 bits per heavy atom. The molecule has 2 rings (SSSR count). The maximum atomic E-state index is 11.9. The second-order valence-electron chi connectivity index (χ2n) is 4.38. The highest BCUT2D eigenvalue weighted by Gasteiger charge is 2.28. The molecule has 7 nitrogen and oxygen atoms in total. The van der Waals surface area contributed by atoms with Gasteiger partial charge in [-0.2, -0.15) is 5.10 Å². The van der Waals surface area contributed by atoms with Crippen molar-refractivity contribution in [2.45, 2.75) is 24.9 Å². The Hall–Kier alpha value is -1.89. The van der Waals surface area contributed by atoms with Crippen LogP contribution in [0.4, 0.5) is 0 Å². The first-order valence-corrected chi connectivity index (χ1v) is 5.83. The van der Waals surface area contributed by atoms with Gasteiger partial charge in [-0.05, 0) is 19.4 Å². The molecule has 0 aromatic carbocycles. The molecular formula is C11H16N4O3. The Bertz CT molecular complexity index is 451. The van der Waals surface area contributed by atoms with Gasteiger partial charge in [0.25, 0.3) is 0 Å². The van der Waals surface area contributed by atoms with Crippen molar-refractivity contribution in [3.8, 4) is 0 Å². The molecule has 0 saturated carbocycles. The van der Waals surface area contributed by atoms with E-state index in [-0.39, 0.29) is 11.9 Å². The number of aryl methyl sites for hydroxylation is 1. The molecule has 1 aliphatic heterocycles. The summed E-state index contributed by atoms with van der Waals surface area (Å²) in [5.41, 5.74) is 0.469. The highest BCUT2D eigenvalue weighted by Crippen LogP contribution is 2.13. The van der Waals surface area contributed by atoms with Crippen molar-refractivity contribution >= 4 is 11.9 Å². The van der Waals surface area contributed by atoms with E-state index < -0.39 is 12.0 Å². The van der Waals surface area contributed by atoms with E-state index in [9.17, 15) is 9.59 Å². The van der Waals surface area contributed by atoms with Gasteiger partial charge < -0.3 is 15.7 Å². The fraction of sp³-hybridized carbons (Fsp3) is 0.545. The summed E-state index contributed by atoms with van der Waals surface area (Å²) in [5, 5.41) is 18.6. The number of hydrogen-bond acceptors (Lipinski definition) is 4. The largest absolute Gasteiger partial charge is 0.479 e. The number of aromatic nitrogens is 2. The number of aliphatic carboxylic acids is 1. The van der Waals surface area contributed by atoms with Gasteiger partial charge in [0.05, 0.1) is 12.2 Å². The van der Waals surface area contributed by atoms with E-state index in [0.717, 1.165) is 19.4 Å². The lowest BCUT2D eigenvalue weighted by molar-refractivity contribution is -0.142. The summed E-state index contributed by atoms with van der Waals surface area (Å²) in [5.74, 6) is -1.36. The summed E-state index contributed by atoms with van der Waals surface area (Å²) in [6, 6.07) is -1.34. The number of carbonyl (C=O) groups is 2. The number of carboxylic acid groups (broad SMARTS) is 1. The van der Waals surface area contributed by atoms with Crippen LogP contribution < -0.4 is 10.6 Å². The molecule has 2 heterocycles. The SMILES string of the molecule is Cn1cc(C(NC(=O)C2CCCN2)C(=O)O)cn1. The molecule has 0 radical (unpaired) electrons. The van der Waals surface area contributed by atoms with Crippen molar-refractivity contribution in [2.24, 2.45) is 7.05 Å². The van der Waals surface area contributed by atoms with Crippen molar-refractivity contribution in [3.05, 3.63) is 18.0 Å². The van der Waals surface area contributed by atoms with Gasteiger partial charge in [0.2, 0.25) is 5.91 Å². The van der Waals surface area contributed by atoms with E-state index in [4.69, 9.17) is 5.11 Å². The molecular weight excluding hydrogens is 236 g/mol. The van der Waals surface area contributed by atoms with Gasteiger partial charge in [-0.25, -0.2) is 4.79 Å². The molecule has 0 bridgehead atoms. The van der Waals surface area contributed by atoms with E-state index in [0.29, 0.717) is 5.56 Å². The maximum Gasteiger partial charge on any atom is 0.331 e. The van der Waals surface area contributed by atoms with Crippen molar-refractivity contribution < 1.29 is 14.7 Å². The fourth-order valence-electron chi connectivity index (χ4n) is 2.03. The number of amides is 1. The monoisotopic (exact) mass is 252 g/mol. The molecule has 0 spiro atoms. The van der Waals surface area contributed by atoms with Gasteiger partial charge in [-0.1, -0.05) is 0 Å². The third kappa shape index (κ3) is 2.67. The first kappa shape index (κ1) is 12.6. The summed E-state index contributed by atoms with van der Waals surface area (Å²) >= 11 is 0. The van der Waals surface area contributed by atoms with Crippen LogP contribution in [0.2, 0.25) is 0 Å². The minimum absolute atomic E-state index is 0.274. The normalized spacial score (nSPS) is 20.6. The lowest BCUT2D eigenvalue weighted by Gasteiger charge is -2.16. The molecule has 2 unspecified atom stereocenters. The van der Waals surface area contributed by atoms with Gasteiger partial charge in [-0.15, -0.1) is 0 Å². The number of hydrogen-bond donors (Lipinski definition) is 3. The van der Waals surface area contributed by atoms with Gasteiger partial charge >= 0.3 is 5.97 Å². The van der Waals surface area contributed by atoms with Gasteiger partial charge in [0, 0.05) is 18.8 Å². The summed E-state index contributed by atoms with van der Waals surface area (Å²) in [4.78, 5) is 23.1. The Morgan fingerprint density at radius 2 is 2.44 bits per heavy atom. The summed E-state index contributed by atoms with van der Waals surface area (Å²) in [7, 11) is 1.70. The average Bonchev–Trinajstić information content (AvgIpc) is 2.95. The summed E-state index contributed by atoms with van der Waals surface area (Å²) < 4.78 is 1.51. The minimum Gasteiger partial charge on any atom is -0.479 e. The van der Waals surface area contributed by atoms with E-state index in [1.807, 2.05) is 0 Å². The van der Waals surface area contributed by atoms with Crippen molar-refractivity contribution in [1.82, 2.24) is 20.4 Å². The lowest BCUT2D eigenvalue weighted by atomic mass is 10.1. The van der Waals surface area contributed by atoms with Crippen LogP contribution in [-0.2, 0) is 16.6 Å². The van der Waals surface area contributed by atoms with Crippen LogP contribution in [0.1, 0.15) is 24.4 Å². The number of carbonyl (C=O) groups excluding carboxylic acids is 1. The molecule has 3 N–H and O–H groups in total. The number of nitrogens with one attached hydrogen (secondary N) is 2. The molecule has 2 atom stereocenters. The zero-order valence-electron chi connectivity index (χ0n) is 10.1. The molecule has 1 aliphatic rings. The molecule has 1 aromatic heterocycles. The van der Waals surface area contributed by atoms with Crippen LogP contribution in [0.3, 0.4) is 0 Å². The van der Waals surface area contributed by atoms with Crippen LogP contribution >= 0.6 is 0 Å². The highest BCUT2D eigenvalue weighted by molar-refractivity contribution is 5.87. The molecule has 1 fully saturated rings. The molecule has 0 aliphatic carbocycles. The van der Waals surface area contributed by atoms with Crippen LogP contribution in [0.5, 0.6) is 0 Å². The first-order valence-electron chi connectivity index (χ1n) is 5.83. The lowest BCUT2D eigenvalue weighted by Crippen LogP contribution is -2.44. The smallest absolute Gasteiger partial charge is 0.331 e. The van der Waals surface area contributed by atoms with E-state index >= 15 is 0 Å². The zero-order valence-corrected chi connectivity index (χ0v) is 10.1. The van der Waals surface area contributed by atoms with Crippen LogP contribution in [0.15, 0.2) is 12.4 Å². The van der Waals surface area contributed by atoms with Gasteiger partial charge in [-0.3, -0.25) is 9.48 Å². The van der Waals surface area contributed by atoms with E-state index in [1.54, 1.807) is 13.2 Å². The van der Waals surface area contributed by atoms with Gasteiger partial charge in [0.15, 0.2) is 6.04 Å². The Morgan fingerprint density at radius 1 is 1.67 bits per heavy atom. The topological polar surface area (TPSA) is 96.2 Å². The predicted molar refractivity (Wildman–Crippen MR) is 62.8 cm³/mol. The predicted octanol–water partition coefficient (Wildman–Crippen LogP) is -0.586. The molecule has 7 heteroatoms. The Kier molecular flexibility index (Phi) is 3.61. The third-order valence-electron chi connectivity index (χ3n) is 2.97. The third-order valence-corrected chi connectivity index (χ3v) is 2.97. The Balaban J connectivity index is 2.07. The molecule has 18 heavy (non-hydrogen) atoms. The van der Waals surface area contributed by atoms with Crippen LogP contribution in [0, 0.1) is 0 Å². The summed E-state index contributed by atoms with van der Waals surface area (Å²) in [6.07, 6.45) is 4.70. The molecule has 1 saturated heterocycles. The first-order chi connectivity index (χ1) is 8.58. The van der Waals surface area contributed by atoms with Crippen LogP contribution in [-0.4, -0.2) is 39.4 Å². The highest BCUT2D eigenvalue weighted by atomic mass is 16.4. The van der Waals surface area contributed by atoms with Gasteiger partial charge in [0.1, 0.15) is 0 Å². The fourth-order valence-corrected chi connectivity index (χ4v) is 2.03. The van der Waals surface area contributed by atoms with E-state index in [1.165, 1.54) is 10.9 Å². The van der Waals surface area contributed by atoms with E-state index in [2.05, 4.69) is 15.7 Å². The maximum absolute atomic E-state index is 11.9. The van der Waals surface area contributed by atoms with Crippen molar-refractivity contribution in [2.75, 3.05) is 6.54 Å². The minimum atomic E-state index is -1.09. The summed E-state index contributed by atoms with van der Waals surface area (Å²) in [6.45, 7) is 0.794. The zero-order chi connectivity index (χ0) is 13.1. The second kappa shape index (κ2) is 5.18. The average molecular weight is 252 g/mol. The number of rotatable bonds is 4. The van der Waals surface area contributed by atoms with Crippen LogP contribution in [0.25, 0.3) is 0 Å². The quantitative estimate of drug-likeness (QED) is 0.666. The second-order valence-corrected chi connectivity index (χ2v) is 4.38.